The Morgan fingerprint density at radius 1 is 0.852 bits per heavy atom. The number of aliphatic hydroxyl groups is 1. The lowest BCUT2D eigenvalue weighted by atomic mass is 9.96. The van der Waals surface area contributed by atoms with Crippen LogP contribution >= 0.6 is 11.8 Å². The molecule has 54 heavy (non-hydrogen) atoms. The van der Waals surface area contributed by atoms with E-state index in [0.29, 0.717) is 0 Å². The van der Waals surface area contributed by atoms with Gasteiger partial charge in [0.15, 0.2) is 8.32 Å². The summed E-state index contributed by atoms with van der Waals surface area (Å²) in [6.45, 7) is 15.9. The van der Waals surface area contributed by atoms with Gasteiger partial charge in [0, 0.05) is 17.7 Å². The van der Waals surface area contributed by atoms with Gasteiger partial charge in [-0.25, -0.2) is 0 Å². The fourth-order valence-corrected chi connectivity index (χ4v) is 10.6. The molecule has 1 N–H and O–H groups in total. The summed E-state index contributed by atoms with van der Waals surface area (Å²) in [4.78, 5) is 14.0. The molecule has 0 aromatic heterocycles. The number of hydrogen-bond donors (Lipinski definition) is 1. The molecule has 0 amide bonds. The lowest BCUT2D eigenvalue weighted by Gasteiger charge is -2.41. The first-order chi connectivity index (χ1) is 25.9. The van der Waals surface area contributed by atoms with Crippen LogP contribution in [0.4, 0.5) is 0 Å². The molecule has 0 spiro atoms. The second-order valence-corrected chi connectivity index (χ2v) is 24.3. The zero-order valence-corrected chi connectivity index (χ0v) is 37.5. The molecule has 1 aromatic carbocycles. The number of thioether (sulfide) groups is 1. The van der Waals surface area contributed by atoms with Crippen molar-refractivity contribution in [1.29, 1.82) is 0 Å². The van der Waals surface area contributed by atoms with E-state index in [1.807, 2.05) is 25.1 Å². The smallest absolute Gasteiger partial charge is 0.322 e. The Morgan fingerprint density at radius 3 is 1.98 bits per heavy atom. The minimum Gasteiger partial charge on any atom is -0.462 e. The van der Waals surface area contributed by atoms with Crippen molar-refractivity contribution >= 4 is 26.0 Å². The summed E-state index contributed by atoms with van der Waals surface area (Å²) in [7, 11) is -1.94. The van der Waals surface area contributed by atoms with Crippen LogP contribution in [0.1, 0.15) is 189 Å². The first kappa shape index (κ1) is 47.1. The van der Waals surface area contributed by atoms with Crippen LogP contribution in [0.15, 0.2) is 35.2 Å². The summed E-state index contributed by atoms with van der Waals surface area (Å²) < 4.78 is 18.7. The maximum Gasteiger partial charge on any atom is 0.322 e. The van der Waals surface area contributed by atoms with Crippen molar-refractivity contribution in [3.63, 3.8) is 0 Å². The molecule has 0 aliphatic carbocycles. The minimum absolute atomic E-state index is 0.000689. The second-order valence-electron chi connectivity index (χ2n) is 18.1. The summed E-state index contributed by atoms with van der Waals surface area (Å²) >= 11 is 1.70. The van der Waals surface area contributed by atoms with E-state index in [0.717, 1.165) is 62.7 Å². The molecule has 0 bridgehead atoms. The van der Waals surface area contributed by atoms with Gasteiger partial charge in [-0.05, 0) is 69.3 Å². The molecule has 3 rings (SSSR count). The Bertz CT molecular complexity index is 1220. The Hall–Kier alpha value is -1.30. The average Bonchev–Trinajstić information content (AvgIpc) is 3.73. The zero-order chi connectivity index (χ0) is 39.3. The Morgan fingerprint density at radius 2 is 1.41 bits per heavy atom. The SMILES string of the molecule is CCCCCCCCCCCC[C@@H](O[Si](C)(C)C(C)(C)C)[C@H]1CC[C@H]([C@H](O)C#CCCCCCCCCCCC2(Sc3ccccc3)C[C@@H](C)OC2=O)O1. The summed E-state index contributed by atoms with van der Waals surface area (Å²) in [6.07, 6.45) is 27.4. The van der Waals surface area contributed by atoms with E-state index in [1.54, 1.807) is 11.8 Å². The van der Waals surface area contributed by atoms with Crippen molar-refractivity contribution in [2.75, 3.05) is 0 Å². The highest BCUT2D eigenvalue weighted by molar-refractivity contribution is 8.01. The number of ether oxygens (including phenoxy) is 2. The van der Waals surface area contributed by atoms with Gasteiger partial charge in [-0.2, -0.15) is 0 Å². The molecule has 2 saturated heterocycles. The topological polar surface area (TPSA) is 65.0 Å². The third-order valence-corrected chi connectivity index (χ3v) is 18.1. The lowest BCUT2D eigenvalue weighted by Crippen LogP contribution is -2.47. The molecule has 5 nitrogen and oxygen atoms in total. The van der Waals surface area contributed by atoms with Gasteiger partial charge in [-0.15, -0.1) is 17.7 Å². The summed E-state index contributed by atoms with van der Waals surface area (Å²) in [5.74, 6) is 6.36. The highest BCUT2D eigenvalue weighted by Crippen LogP contribution is 2.46. The van der Waals surface area contributed by atoms with E-state index in [9.17, 15) is 9.90 Å². The van der Waals surface area contributed by atoms with Crippen molar-refractivity contribution in [1.82, 2.24) is 0 Å². The van der Waals surface area contributed by atoms with Crippen molar-refractivity contribution in [3.8, 4) is 11.8 Å². The highest BCUT2D eigenvalue weighted by atomic mass is 32.2. The quantitative estimate of drug-likeness (QED) is 0.0415. The molecule has 2 heterocycles. The number of rotatable bonds is 27. The molecule has 0 radical (unpaired) electrons. The van der Waals surface area contributed by atoms with E-state index in [4.69, 9.17) is 13.9 Å². The average molecular weight is 785 g/mol. The van der Waals surface area contributed by atoms with Gasteiger partial charge in [0.2, 0.25) is 0 Å². The first-order valence-electron chi connectivity index (χ1n) is 22.3. The van der Waals surface area contributed by atoms with Gasteiger partial charge in [-0.3, -0.25) is 4.79 Å². The Kier molecular flexibility index (Phi) is 21.9. The largest absolute Gasteiger partial charge is 0.462 e. The van der Waals surface area contributed by atoms with Crippen LogP contribution in [0.25, 0.3) is 0 Å². The summed E-state index contributed by atoms with van der Waals surface area (Å²) in [5, 5.41) is 11.1. The number of esters is 1. The molecule has 1 aromatic rings. The highest BCUT2D eigenvalue weighted by Gasteiger charge is 2.48. The molecule has 2 fully saturated rings. The standard InChI is InChI=1S/C47H80O5SSi/c1-8-9-10-11-12-13-17-20-23-29-34-44(52-54(6,7)46(3,4)5)43-36-35-42(51-43)41(48)33-28-22-19-16-14-15-18-21-24-30-37-47(38-39(2)50-45(47)49)53-40-31-26-25-27-32-40/h25-27,31-32,39,41-44,48H,8-24,29-30,34-38H2,1-7H3/t39-,41-,42-,43-,44-,47?/m1/s1. The van der Waals surface area contributed by atoms with Crippen molar-refractivity contribution in [2.24, 2.45) is 0 Å². The van der Waals surface area contributed by atoms with Crippen LogP contribution in [-0.4, -0.2) is 54.7 Å². The maximum atomic E-state index is 12.8. The number of cyclic esters (lactones) is 1. The third-order valence-electron chi connectivity index (χ3n) is 12.2. The van der Waals surface area contributed by atoms with Gasteiger partial charge in [0.1, 0.15) is 17.0 Å². The predicted octanol–water partition coefficient (Wildman–Crippen LogP) is 13.4. The van der Waals surface area contributed by atoms with Crippen molar-refractivity contribution in [2.45, 2.75) is 247 Å². The van der Waals surface area contributed by atoms with Crippen LogP contribution < -0.4 is 0 Å². The number of carbonyl (C=O) groups is 1. The van der Waals surface area contributed by atoms with E-state index in [2.05, 4.69) is 64.8 Å². The predicted molar refractivity (Wildman–Crippen MR) is 232 cm³/mol. The van der Waals surface area contributed by atoms with Crippen LogP contribution in [0.2, 0.25) is 18.1 Å². The summed E-state index contributed by atoms with van der Waals surface area (Å²) in [6, 6.07) is 10.3. The fraction of sp³-hybridized carbons (Fsp3) is 0.809. The van der Waals surface area contributed by atoms with Gasteiger partial charge < -0.3 is 19.0 Å². The minimum atomic E-state index is -1.94. The van der Waals surface area contributed by atoms with E-state index in [1.165, 1.54) is 96.3 Å². The van der Waals surface area contributed by atoms with Gasteiger partial charge >= 0.3 is 5.97 Å². The summed E-state index contributed by atoms with van der Waals surface area (Å²) in [5.41, 5.74) is 0. The number of hydrogen-bond acceptors (Lipinski definition) is 6. The first-order valence-corrected chi connectivity index (χ1v) is 26.0. The normalized spacial score (nSPS) is 22.9. The molecule has 7 heteroatoms. The van der Waals surface area contributed by atoms with Crippen molar-refractivity contribution in [3.05, 3.63) is 30.3 Å². The molecular formula is C47H80O5SSi. The van der Waals surface area contributed by atoms with Crippen molar-refractivity contribution < 1.29 is 23.8 Å². The molecule has 0 saturated carbocycles. The van der Waals surface area contributed by atoms with Gasteiger partial charge in [0.05, 0.1) is 18.3 Å². The Labute approximate surface area is 337 Å². The number of benzene rings is 1. The van der Waals surface area contributed by atoms with Crippen LogP contribution in [0, 0.1) is 11.8 Å². The second kappa shape index (κ2) is 25.1. The molecule has 2 aliphatic heterocycles. The Balaban J connectivity index is 1.29. The van der Waals surface area contributed by atoms with E-state index in [-0.39, 0.29) is 35.4 Å². The van der Waals surface area contributed by atoms with E-state index >= 15 is 0 Å². The number of unbranched alkanes of at least 4 members (excludes halogenated alkanes) is 17. The van der Waals surface area contributed by atoms with Gasteiger partial charge in [0.25, 0.3) is 0 Å². The fourth-order valence-electron chi connectivity index (χ4n) is 7.79. The van der Waals surface area contributed by atoms with E-state index < -0.39 is 19.2 Å². The van der Waals surface area contributed by atoms with Crippen LogP contribution in [0.5, 0.6) is 0 Å². The molecule has 2 aliphatic rings. The van der Waals surface area contributed by atoms with Crippen LogP contribution in [0.3, 0.4) is 0 Å². The molecule has 6 atom stereocenters. The number of carbonyl (C=O) groups excluding carboxylic acids is 1. The maximum absolute atomic E-state index is 12.8. The van der Waals surface area contributed by atoms with Gasteiger partial charge in [-0.1, -0.05) is 161 Å². The van der Waals surface area contributed by atoms with Crippen LogP contribution in [-0.2, 0) is 18.7 Å². The zero-order valence-electron chi connectivity index (χ0n) is 35.7. The molecule has 308 valence electrons. The third kappa shape index (κ3) is 17.0. The lowest BCUT2D eigenvalue weighted by molar-refractivity contribution is -0.142. The monoisotopic (exact) mass is 785 g/mol. The molecule has 1 unspecified atom stereocenters. The molecular weight excluding hydrogens is 705 g/mol. The number of aliphatic hydroxyl groups excluding tert-OH is 1.